The molecule has 0 bridgehead atoms. The fraction of sp³-hybridized carbons (Fsp3) is 0.833. The lowest BCUT2D eigenvalue weighted by Crippen LogP contribution is -2.45. The number of hydrogen-bond acceptors (Lipinski definition) is 3. The Bertz CT molecular complexity index is 311. The van der Waals surface area contributed by atoms with Crippen LogP contribution in [-0.4, -0.2) is 41.1 Å². The molecule has 1 rings (SSSR count). The average Bonchev–Trinajstić information content (AvgIpc) is 2.61. The molecule has 2 unspecified atom stereocenters. The molecule has 1 amide bonds. The number of halogens is 1. The van der Waals surface area contributed by atoms with Gasteiger partial charge in [0.1, 0.15) is 5.60 Å². The van der Waals surface area contributed by atoms with Crippen molar-refractivity contribution in [2.24, 2.45) is 0 Å². The Labute approximate surface area is 101 Å². The summed E-state index contributed by atoms with van der Waals surface area (Å²) >= 11 is 0. The summed E-state index contributed by atoms with van der Waals surface area (Å²) in [5.41, 5.74) is -0.605. The van der Waals surface area contributed by atoms with Crippen LogP contribution in [0.25, 0.3) is 0 Å². The van der Waals surface area contributed by atoms with Gasteiger partial charge in [-0.25, -0.2) is 9.18 Å². The first kappa shape index (κ1) is 13.9. The van der Waals surface area contributed by atoms with Crippen LogP contribution in [0.15, 0.2) is 0 Å². The zero-order valence-corrected chi connectivity index (χ0v) is 10.8. The van der Waals surface area contributed by atoms with E-state index in [1.165, 1.54) is 11.8 Å². The summed E-state index contributed by atoms with van der Waals surface area (Å²) in [7, 11) is 0. The summed E-state index contributed by atoms with van der Waals surface area (Å²) in [5.74, 6) is -0.537. The topological polar surface area (TPSA) is 46.6 Å². The van der Waals surface area contributed by atoms with Crippen molar-refractivity contribution in [3.63, 3.8) is 0 Å². The molecule has 0 aliphatic carbocycles. The average molecular weight is 245 g/mol. The normalized spacial score (nSPS) is 22.4. The minimum absolute atomic E-state index is 0.452. The van der Waals surface area contributed by atoms with Gasteiger partial charge in [-0.05, 0) is 40.5 Å². The van der Waals surface area contributed by atoms with Gasteiger partial charge in [0.15, 0.2) is 12.0 Å². The molecule has 5 heteroatoms. The van der Waals surface area contributed by atoms with Gasteiger partial charge in [-0.3, -0.25) is 4.79 Å². The van der Waals surface area contributed by atoms with Crippen molar-refractivity contribution >= 4 is 11.9 Å². The summed E-state index contributed by atoms with van der Waals surface area (Å²) < 4.78 is 18.9. The second-order valence-corrected chi connectivity index (χ2v) is 5.40. The van der Waals surface area contributed by atoms with Crippen molar-refractivity contribution in [1.82, 2.24) is 4.90 Å². The minimum atomic E-state index is -1.61. The number of nitrogens with zero attached hydrogens (tertiary/aromatic N) is 1. The molecule has 0 saturated carbocycles. The van der Waals surface area contributed by atoms with Crippen LogP contribution in [0.5, 0.6) is 0 Å². The third-order valence-corrected chi connectivity index (χ3v) is 2.65. The number of hydrogen-bond donors (Lipinski definition) is 0. The standard InChI is InChI=1S/C12H20FNO3/c1-8(15)10(13)9-6-5-7-14(9)11(16)17-12(2,3)4/h9-10H,5-7H2,1-4H3. The summed E-state index contributed by atoms with van der Waals surface area (Å²) in [6.45, 7) is 6.93. The van der Waals surface area contributed by atoms with E-state index in [9.17, 15) is 14.0 Å². The van der Waals surface area contributed by atoms with E-state index >= 15 is 0 Å². The van der Waals surface area contributed by atoms with E-state index in [1.807, 2.05) is 0 Å². The van der Waals surface area contributed by atoms with Crippen LogP contribution in [0, 0.1) is 0 Å². The van der Waals surface area contributed by atoms with Crippen LogP contribution < -0.4 is 0 Å². The molecule has 1 saturated heterocycles. The lowest BCUT2D eigenvalue weighted by atomic mass is 10.1. The maximum atomic E-state index is 13.7. The van der Waals surface area contributed by atoms with Gasteiger partial charge in [-0.1, -0.05) is 0 Å². The molecule has 17 heavy (non-hydrogen) atoms. The molecular formula is C12H20FNO3. The summed E-state index contributed by atoms with van der Waals surface area (Å²) in [4.78, 5) is 24.2. The molecule has 0 radical (unpaired) electrons. The maximum absolute atomic E-state index is 13.7. The molecule has 1 aliphatic rings. The molecule has 2 atom stereocenters. The van der Waals surface area contributed by atoms with Crippen LogP contribution in [0.2, 0.25) is 0 Å². The number of Topliss-reactive ketones (excluding diaryl/α,β-unsaturated/α-hetero) is 1. The minimum Gasteiger partial charge on any atom is -0.444 e. The first-order valence-electron chi connectivity index (χ1n) is 5.86. The number of carbonyl (C=O) groups is 2. The van der Waals surface area contributed by atoms with Gasteiger partial charge >= 0.3 is 6.09 Å². The van der Waals surface area contributed by atoms with Crippen molar-refractivity contribution in [2.75, 3.05) is 6.54 Å². The second-order valence-electron chi connectivity index (χ2n) is 5.40. The van der Waals surface area contributed by atoms with Crippen molar-refractivity contribution in [3.05, 3.63) is 0 Å². The molecule has 1 heterocycles. The van der Waals surface area contributed by atoms with E-state index in [-0.39, 0.29) is 0 Å². The second kappa shape index (κ2) is 5.02. The Morgan fingerprint density at radius 2 is 2.00 bits per heavy atom. The summed E-state index contributed by atoms with van der Waals surface area (Å²) in [6, 6.07) is -0.664. The van der Waals surface area contributed by atoms with Gasteiger partial charge in [-0.2, -0.15) is 0 Å². The van der Waals surface area contributed by atoms with Crippen LogP contribution in [0.1, 0.15) is 40.5 Å². The Hall–Kier alpha value is -1.13. The monoisotopic (exact) mass is 245 g/mol. The van der Waals surface area contributed by atoms with Gasteiger partial charge in [-0.15, -0.1) is 0 Å². The quantitative estimate of drug-likeness (QED) is 0.750. The van der Waals surface area contributed by atoms with Crippen LogP contribution >= 0.6 is 0 Å². The number of rotatable bonds is 2. The van der Waals surface area contributed by atoms with E-state index in [0.717, 1.165) is 0 Å². The first-order chi connectivity index (χ1) is 7.72. The molecule has 0 aromatic heterocycles. The highest BCUT2D eigenvalue weighted by Crippen LogP contribution is 2.24. The van der Waals surface area contributed by atoms with E-state index in [0.29, 0.717) is 19.4 Å². The Morgan fingerprint density at radius 1 is 1.41 bits per heavy atom. The molecule has 4 nitrogen and oxygen atoms in total. The predicted octanol–water partition coefficient (Wildman–Crippen LogP) is 2.31. The fourth-order valence-electron chi connectivity index (χ4n) is 1.91. The van der Waals surface area contributed by atoms with Crippen LogP contribution in [0.3, 0.4) is 0 Å². The van der Waals surface area contributed by atoms with Crippen LogP contribution in [0.4, 0.5) is 9.18 Å². The third-order valence-electron chi connectivity index (χ3n) is 2.65. The Morgan fingerprint density at radius 3 is 2.47 bits per heavy atom. The Balaban J connectivity index is 2.69. The number of ether oxygens (including phenoxy) is 1. The molecule has 1 aliphatic heterocycles. The number of carbonyl (C=O) groups excluding carboxylic acids is 2. The van der Waals surface area contributed by atoms with Crippen molar-refractivity contribution in [3.8, 4) is 0 Å². The smallest absolute Gasteiger partial charge is 0.410 e. The largest absolute Gasteiger partial charge is 0.444 e. The van der Waals surface area contributed by atoms with Crippen molar-refractivity contribution in [1.29, 1.82) is 0 Å². The Kier molecular flexibility index (Phi) is 4.11. The highest BCUT2D eigenvalue weighted by Gasteiger charge is 2.38. The lowest BCUT2D eigenvalue weighted by Gasteiger charge is -2.29. The molecule has 0 N–H and O–H groups in total. The van der Waals surface area contributed by atoms with Crippen molar-refractivity contribution < 1.29 is 18.7 Å². The third kappa shape index (κ3) is 3.68. The maximum Gasteiger partial charge on any atom is 0.410 e. The van der Waals surface area contributed by atoms with Gasteiger partial charge < -0.3 is 9.64 Å². The fourth-order valence-corrected chi connectivity index (χ4v) is 1.91. The summed E-state index contributed by atoms with van der Waals surface area (Å²) in [6.07, 6.45) is -0.925. The highest BCUT2D eigenvalue weighted by molar-refractivity contribution is 5.82. The summed E-state index contributed by atoms with van der Waals surface area (Å²) in [5, 5.41) is 0. The van der Waals surface area contributed by atoms with Crippen LogP contribution in [-0.2, 0) is 9.53 Å². The molecule has 0 aromatic rings. The van der Waals surface area contributed by atoms with Gasteiger partial charge in [0.05, 0.1) is 6.04 Å². The van der Waals surface area contributed by atoms with E-state index in [1.54, 1.807) is 20.8 Å². The zero-order valence-electron chi connectivity index (χ0n) is 10.8. The molecular weight excluding hydrogens is 225 g/mol. The number of ketones is 1. The van der Waals surface area contributed by atoms with Crippen molar-refractivity contribution in [2.45, 2.75) is 58.4 Å². The van der Waals surface area contributed by atoms with Gasteiger partial charge in [0.25, 0.3) is 0 Å². The number of likely N-dealkylation sites (tertiary alicyclic amines) is 1. The highest BCUT2D eigenvalue weighted by atomic mass is 19.1. The predicted molar refractivity (Wildman–Crippen MR) is 61.5 cm³/mol. The molecule has 98 valence electrons. The van der Waals surface area contributed by atoms with E-state index in [2.05, 4.69) is 0 Å². The molecule has 0 aromatic carbocycles. The first-order valence-corrected chi connectivity index (χ1v) is 5.86. The molecule has 0 spiro atoms. The SMILES string of the molecule is CC(=O)C(F)C1CCCN1C(=O)OC(C)(C)C. The van der Waals surface area contributed by atoms with E-state index in [4.69, 9.17) is 4.74 Å². The molecule has 1 fully saturated rings. The number of amides is 1. The number of alkyl halides is 1. The zero-order chi connectivity index (χ0) is 13.2. The van der Waals surface area contributed by atoms with E-state index < -0.39 is 29.7 Å². The van der Waals surface area contributed by atoms with Gasteiger partial charge in [0.2, 0.25) is 0 Å². The van der Waals surface area contributed by atoms with Gasteiger partial charge in [0, 0.05) is 6.54 Å². The lowest BCUT2D eigenvalue weighted by molar-refractivity contribution is -0.123.